The second-order valence-electron chi connectivity index (χ2n) is 2.24. The number of likely N-dealkylation sites (N-methyl/N-ethyl adjacent to an activating group) is 2. The first-order chi connectivity index (χ1) is 4.81. The monoisotopic (exact) mass is 146 g/mol. The van der Waals surface area contributed by atoms with E-state index < -0.39 is 0 Å². The van der Waals surface area contributed by atoms with Crippen molar-refractivity contribution >= 4 is 0 Å². The van der Waals surface area contributed by atoms with E-state index in [2.05, 4.69) is 10.6 Å². The Labute approximate surface area is 62.7 Å². The van der Waals surface area contributed by atoms with Crippen molar-refractivity contribution in [3.8, 4) is 0 Å². The van der Waals surface area contributed by atoms with Gasteiger partial charge in [0.1, 0.15) is 0 Å². The molecule has 0 saturated carbocycles. The molecule has 0 aliphatic carbocycles. The van der Waals surface area contributed by atoms with Crippen molar-refractivity contribution in [1.82, 2.24) is 15.6 Å². The van der Waals surface area contributed by atoms with Crippen LogP contribution in [0.3, 0.4) is 0 Å². The maximum atomic E-state index is 5.60. The lowest BCUT2D eigenvalue weighted by atomic mass is 10.5. The minimum Gasteiger partial charge on any atom is -0.318 e. The van der Waals surface area contributed by atoms with Crippen LogP contribution in [0.5, 0.6) is 0 Å². The van der Waals surface area contributed by atoms with Gasteiger partial charge in [0.15, 0.2) is 0 Å². The van der Waals surface area contributed by atoms with E-state index in [-0.39, 0.29) is 0 Å². The van der Waals surface area contributed by atoms with Crippen LogP contribution in [-0.4, -0.2) is 45.3 Å². The van der Waals surface area contributed by atoms with Gasteiger partial charge in [-0.15, -0.1) is 0 Å². The Morgan fingerprint density at radius 1 is 1.10 bits per heavy atom. The van der Waals surface area contributed by atoms with Gasteiger partial charge in [0.05, 0.1) is 0 Å². The summed E-state index contributed by atoms with van der Waals surface area (Å²) in [5, 5.41) is 7.86. The van der Waals surface area contributed by atoms with Crippen LogP contribution in [0.2, 0.25) is 0 Å². The lowest BCUT2D eigenvalue weighted by Crippen LogP contribution is -2.40. The minimum atomic E-state index is 0.901. The van der Waals surface area contributed by atoms with E-state index in [0.717, 1.165) is 26.2 Å². The molecule has 0 aromatic heterocycles. The zero-order valence-corrected chi connectivity index (χ0v) is 6.85. The van der Waals surface area contributed by atoms with Crippen LogP contribution in [0.4, 0.5) is 0 Å². The van der Waals surface area contributed by atoms with Crippen molar-refractivity contribution in [1.29, 1.82) is 0 Å². The van der Waals surface area contributed by atoms with E-state index in [0.29, 0.717) is 0 Å². The standard InChI is InChI=1S/C6H18N4/c1-8-3-5-10(7)6-4-9-2/h8-9H,3-7H2,1-2H3. The van der Waals surface area contributed by atoms with E-state index in [1.807, 2.05) is 14.1 Å². The van der Waals surface area contributed by atoms with Gasteiger partial charge in [0, 0.05) is 26.2 Å². The van der Waals surface area contributed by atoms with Crippen molar-refractivity contribution in [2.24, 2.45) is 5.84 Å². The van der Waals surface area contributed by atoms with Crippen molar-refractivity contribution in [2.75, 3.05) is 40.3 Å². The van der Waals surface area contributed by atoms with Crippen LogP contribution in [0.25, 0.3) is 0 Å². The molecule has 0 spiro atoms. The van der Waals surface area contributed by atoms with Crippen molar-refractivity contribution in [3.05, 3.63) is 0 Å². The molecule has 0 aromatic carbocycles. The molecule has 4 N–H and O–H groups in total. The Bertz CT molecular complexity index is 58.8. The first-order valence-electron chi connectivity index (χ1n) is 3.60. The van der Waals surface area contributed by atoms with Crippen LogP contribution in [0.1, 0.15) is 0 Å². The molecular formula is C6H18N4. The predicted molar refractivity (Wildman–Crippen MR) is 43.6 cm³/mol. The van der Waals surface area contributed by atoms with E-state index in [4.69, 9.17) is 5.84 Å². The average molecular weight is 146 g/mol. The largest absolute Gasteiger partial charge is 0.318 e. The number of hydrogen-bond acceptors (Lipinski definition) is 4. The van der Waals surface area contributed by atoms with Gasteiger partial charge >= 0.3 is 0 Å². The molecule has 0 aliphatic heterocycles. The van der Waals surface area contributed by atoms with Crippen LogP contribution >= 0.6 is 0 Å². The molecule has 0 bridgehead atoms. The Hall–Kier alpha value is -0.160. The molecule has 10 heavy (non-hydrogen) atoms. The summed E-state index contributed by atoms with van der Waals surface area (Å²) in [5.41, 5.74) is 0. The summed E-state index contributed by atoms with van der Waals surface area (Å²) in [5.74, 6) is 5.60. The van der Waals surface area contributed by atoms with Crippen LogP contribution in [0.15, 0.2) is 0 Å². The summed E-state index contributed by atoms with van der Waals surface area (Å²) in [7, 11) is 3.85. The number of nitrogens with zero attached hydrogens (tertiary/aromatic N) is 1. The third kappa shape index (κ3) is 5.97. The summed E-state index contributed by atoms with van der Waals surface area (Å²) in [6.45, 7) is 3.69. The summed E-state index contributed by atoms with van der Waals surface area (Å²) >= 11 is 0. The van der Waals surface area contributed by atoms with Crippen molar-refractivity contribution < 1.29 is 0 Å². The fraction of sp³-hybridized carbons (Fsp3) is 1.00. The number of nitrogens with two attached hydrogens (primary N) is 1. The molecule has 0 aromatic rings. The average Bonchev–Trinajstić information content (AvgIpc) is 1.97. The lowest BCUT2D eigenvalue weighted by molar-refractivity contribution is 0.287. The first-order valence-corrected chi connectivity index (χ1v) is 3.60. The molecule has 0 saturated heterocycles. The number of rotatable bonds is 6. The Kier molecular flexibility index (Phi) is 6.84. The molecule has 0 rings (SSSR count). The lowest BCUT2D eigenvalue weighted by Gasteiger charge is -2.14. The quantitative estimate of drug-likeness (QED) is 0.319. The van der Waals surface area contributed by atoms with Gasteiger partial charge in [-0.3, -0.25) is 5.84 Å². The van der Waals surface area contributed by atoms with Crippen LogP contribution < -0.4 is 16.5 Å². The second kappa shape index (κ2) is 6.95. The normalized spacial score (nSPS) is 10.8. The van der Waals surface area contributed by atoms with Crippen LogP contribution in [0, 0.1) is 0 Å². The highest BCUT2D eigenvalue weighted by molar-refractivity contribution is 4.51. The molecule has 62 valence electrons. The highest BCUT2D eigenvalue weighted by atomic mass is 15.4. The highest BCUT2D eigenvalue weighted by Crippen LogP contribution is 1.72. The smallest absolute Gasteiger partial charge is 0.0254 e. The van der Waals surface area contributed by atoms with Crippen molar-refractivity contribution in [3.63, 3.8) is 0 Å². The maximum Gasteiger partial charge on any atom is 0.0254 e. The molecule has 4 nitrogen and oxygen atoms in total. The van der Waals surface area contributed by atoms with Crippen LogP contribution in [-0.2, 0) is 0 Å². The van der Waals surface area contributed by atoms with Gasteiger partial charge in [-0.2, -0.15) is 0 Å². The van der Waals surface area contributed by atoms with Gasteiger partial charge < -0.3 is 10.6 Å². The summed E-state index contributed by atoms with van der Waals surface area (Å²) in [4.78, 5) is 0. The van der Waals surface area contributed by atoms with E-state index in [9.17, 15) is 0 Å². The Morgan fingerprint density at radius 2 is 1.50 bits per heavy atom. The first kappa shape index (κ1) is 9.84. The van der Waals surface area contributed by atoms with Gasteiger partial charge in [-0.1, -0.05) is 0 Å². The third-order valence-corrected chi connectivity index (χ3v) is 1.30. The predicted octanol–water partition coefficient (Wildman–Crippen LogP) is -1.40. The summed E-state index contributed by atoms with van der Waals surface area (Å²) in [6.07, 6.45) is 0. The van der Waals surface area contributed by atoms with Gasteiger partial charge in [0.2, 0.25) is 0 Å². The van der Waals surface area contributed by atoms with Gasteiger partial charge in [0.25, 0.3) is 0 Å². The SMILES string of the molecule is CNCCN(N)CCNC. The van der Waals surface area contributed by atoms with E-state index >= 15 is 0 Å². The molecule has 0 fully saturated rings. The number of hydrazine groups is 1. The minimum absolute atomic E-state index is 0.901. The molecule has 0 heterocycles. The van der Waals surface area contributed by atoms with E-state index in [1.54, 1.807) is 5.01 Å². The molecule has 0 amide bonds. The Balaban J connectivity index is 3.00. The number of hydrogen-bond donors (Lipinski definition) is 3. The highest BCUT2D eigenvalue weighted by Gasteiger charge is 1.94. The zero-order chi connectivity index (χ0) is 7.82. The molecule has 0 atom stereocenters. The zero-order valence-electron chi connectivity index (χ0n) is 6.85. The Morgan fingerprint density at radius 3 is 1.80 bits per heavy atom. The van der Waals surface area contributed by atoms with E-state index in [1.165, 1.54) is 0 Å². The number of nitrogens with one attached hydrogen (secondary N) is 2. The molecule has 4 heteroatoms. The summed E-state index contributed by atoms with van der Waals surface area (Å²) in [6, 6.07) is 0. The van der Waals surface area contributed by atoms with Gasteiger partial charge in [-0.05, 0) is 14.1 Å². The fourth-order valence-corrected chi connectivity index (χ4v) is 0.623. The molecule has 0 aliphatic rings. The molecule has 0 unspecified atom stereocenters. The topological polar surface area (TPSA) is 53.3 Å². The molecule has 0 radical (unpaired) electrons. The fourth-order valence-electron chi connectivity index (χ4n) is 0.623. The molecular weight excluding hydrogens is 128 g/mol. The maximum absolute atomic E-state index is 5.60. The third-order valence-electron chi connectivity index (χ3n) is 1.30. The summed E-state index contributed by atoms with van der Waals surface area (Å²) < 4.78 is 0. The van der Waals surface area contributed by atoms with Crippen molar-refractivity contribution in [2.45, 2.75) is 0 Å². The van der Waals surface area contributed by atoms with Gasteiger partial charge in [-0.25, -0.2) is 5.01 Å². The second-order valence-corrected chi connectivity index (χ2v) is 2.24.